The van der Waals surface area contributed by atoms with Crippen molar-refractivity contribution < 1.29 is 19.4 Å². The van der Waals surface area contributed by atoms with E-state index in [1.807, 2.05) is 31.2 Å². The molecule has 5 nitrogen and oxygen atoms in total. The highest BCUT2D eigenvalue weighted by atomic mass is 16.5. The molecule has 0 atom stereocenters. The summed E-state index contributed by atoms with van der Waals surface area (Å²) in [6.07, 6.45) is 0.943. The van der Waals surface area contributed by atoms with Gasteiger partial charge >= 0.3 is 5.97 Å². The quantitative estimate of drug-likeness (QED) is 0.761. The summed E-state index contributed by atoms with van der Waals surface area (Å²) in [5, 5.41) is 8.86. The molecule has 5 heteroatoms. The standard InChI is InChI=1S/C17H25NO4/c1-4-9-18(11-17(20)21)16(19)10-14-5-7-15(8-6-14)22-12-13(2)3/h5-8,13H,4,9-12H2,1-3H3,(H,20,21). The summed E-state index contributed by atoms with van der Waals surface area (Å²) in [6, 6.07) is 7.37. The monoisotopic (exact) mass is 307 g/mol. The maximum Gasteiger partial charge on any atom is 0.323 e. The van der Waals surface area contributed by atoms with Crippen LogP contribution < -0.4 is 4.74 Å². The minimum absolute atomic E-state index is 0.167. The van der Waals surface area contributed by atoms with Crippen molar-refractivity contribution in [2.45, 2.75) is 33.6 Å². The molecule has 22 heavy (non-hydrogen) atoms. The molecule has 0 bridgehead atoms. The zero-order valence-corrected chi connectivity index (χ0v) is 13.5. The zero-order chi connectivity index (χ0) is 16.5. The van der Waals surface area contributed by atoms with Crippen LogP contribution in [0.25, 0.3) is 0 Å². The average Bonchev–Trinajstić information content (AvgIpc) is 2.45. The number of hydrogen-bond donors (Lipinski definition) is 1. The Morgan fingerprint density at radius 3 is 2.36 bits per heavy atom. The average molecular weight is 307 g/mol. The van der Waals surface area contributed by atoms with E-state index in [1.54, 1.807) is 0 Å². The van der Waals surface area contributed by atoms with E-state index in [4.69, 9.17) is 9.84 Å². The predicted octanol–water partition coefficient (Wildman–Crippen LogP) is 2.59. The summed E-state index contributed by atoms with van der Waals surface area (Å²) in [6.45, 7) is 6.95. The number of hydrogen-bond acceptors (Lipinski definition) is 3. The summed E-state index contributed by atoms with van der Waals surface area (Å²) >= 11 is 0. The van der Waals surface area contributed by atoms with Gasteiger partial charge < -0.3 is 14.7 Å². The largest absolute Gasteiger partial charge is 0.493 e. The SMILES string of the molecule is CCCN(CC(=O)O)C(=O)Cc1ccc(OCC(C)C)cc1. The Hall–Kier alpha value is -2.04. The molecule has 0 spiro atoms. The maximum atomic E-state index is 12.2. The number of carbonyl (C=O) groups is 2. The Kier molecular flexibility index (Phi) is 7.43. The lowest BCUT2D eigenvalue weighted by atomic mass is 10.1. The number of rotatable bonds is 9. The molecule has 0 saturated carbocycles. The lowest BCUT2D eigenvalue weighted by molar-refractivity contribution is -0.144. The summed E-state index contributed by atoms with van der Waals surface area (Å²) in [7, 11) is 0. The van der Waals surface area contributed by atoms with Crippen molar-refractivity contribution in [3.8, 4) is 5.75 Å². The summed E-state index contributed by atoms with van der Waals surface area (Å²) in [5.74, 6) is 0.0834. The van der Waals surface area contributed by atoms with Crippen LogP contribution in [0.1, 0.15) is 32.8 Å². The lowest BCUT2D eigenvalue weighted by Crippen LogP contribution is -2.37. The Morgan fingerprint density at radius 2 is 1.86 bits per heavy atom. The van der Waals surface area contributed by atoms with E-state index in [1.165, 1.54) is 4.90 Å². The van der Waals surface area contributed by atoms with Gasteiger partial charge in [-0.05, 0) is 30.0 Å². The number of carbonyl (C=O) groups excluding carboxylic acids is 1. The number of nitrogens with zero attached hydrogens (tertiary/aromatic N) is 1. The third-order valence-electron chi connectivity index (χ3n) is 3.03. The molecule has 0 aliphatic heterocycles. The highest BCUT2D eigenvalue weighted by Gasteiger charge is 2.16. The second-order valence-corrected chi connectivity index (χ2v) is 5.73. The molecule has 1 amide bonds. The first kappa shape index (κ1) is 18.0. The molecule has 0 heterocycles. The highest BCUT2D eigenvalue weighted by Crippen LogP contribution is 2.14. The van der Waals surface area contributed by atoms with E-state index < -0.39 is 5.97 Å². The number of benzene rings is 1. The smallest absolute Gasteiger partial charge is 0.323 e. The molecule has 1 aromatic rings. The molecule has 122 valence electrons. The van der Waals surface area contributed by atoms with E-state index in [-0.39, 0.29) is 18.9 Å². The molecule has 0 saturated heterocycles. The fourth-order valence-corrected chi connectivity index (χ4v) is 1.98. The Balaban J connectivity index is 2.60. The van der Waals surface area contributed by atoms with Crippen molar-refractivity contribution in [3.05, 3.63) is 29.8 Å². The van der Waals surface area contributed by atoms with Crippen molar-refractivity contribution in [1.29, 1.82) is 0 Å². The van der Waals surface area contributed by atoms with Crippen LogP contribution >= 0.6 is 0 Å². The normalized spacial score (nSPS) is 10.5. The van der Waals surface area contributed by atoms with Crippen LogP contribution in [-0.4, -0.2) is 41.6 Å². The van der Waals surface area contributed by atoms with E-state index >= 15 is 0 Å². The minimum atomic E-state index is -0.987. The van der Waals surface area contributed by atoms with Crippen LogP contribution in [0.2, 0.25) is 0 Å². The molecular formula is C17H25NO4. The Labute approximate surface area is 131 Å². The molecule has 1 aromatic carbocycles. The van der Waals surface area contributed by atoms with Gasteiger partial charge in [-0.3, -0.25) is 9.59 Å². The minimum Gasteiger partial charge on any atom is -0.493 e. The highest BCUT2D eigenvalue weighted by molar-refractivity contribution is 5.83. The van der Waals surface area contributed by atoms with Gasteiger partial charge in [-0.15, -0.1) is 0 Å². The fourth-order valence-electron chi connectivity index (χ4n) is 1.98. The summed E-state index contributed by atoms with van der Waals surface area (Å²) in [5.41, 5.74) is 0.855. The molecule has 0 aliphatic carbocycles. The summed E-state index contributed by atoms with van der Waals surface area (Å²) < 4.78 is 5.59. The fraction of sp³-hybridized carbons (Fsp3) is 0.529. The maximum absolute atomic E-state index is 12.2. The van der Waals surface area contributed by atoms with Crippen molar-refractivity contribution in [2.24, 2.45) is 5.92 Å². The third-order valence-corrected chi connectivity index (χ3v) is 3.03. The number of carboxylic acids is 1. The molecule has 0 radical (unpaired) electrons. The first-order chi connectivity index (χ1) is 10.4. The van der Waals surface area contributed by atoms with Crippen LogP contribution in [0, 0.1) is 5.92 Å². The van der Waals surface area contributed by atoms with E-state index in [0.717, 1.165) is 17.7 Å². The third kappa shape index (κ3) is 6.61. The van der Waals surface area contributed by atoms with Gasteiger partial charge in [0, 0.05) is 6.54 Å². The number of ether oxygens (including phenoxy) is 1. The molecule has 0 aromatic heterocycles. The van der Waals surface area contributed by atoms with Crippen LogP contribution in [0.15, 0.2) is 24.3 Å². The number of amides is 1. The van der Waals surface area contributed by atoms with Crippen molar-refractivity contribution in [3.63, 3.8) is 0 Å². The van der Waals surface area contributed by atoms with Crippen LogP contribution in [0.4, 0.5) is 0 Å². The van der Waals surface area contributed by atoms with Crippen LogP contribution in [0.5, 0.6) is 5.75 Å². The molecule has 1 N–H and O–H groups in total. The first-order valence-electron chi connectivity index (χ1n) is 7.63. The zero-order valence-electron chi connectivity index (χ0n) is 13.5. The molecule has 1 rings (SSSR count). The molecule has 0 aliphatic rings. The molecule has 0 fully saturated rings. The second-order valence-electron chi connectivity index (χ2n) is 5.73. The summed E-state index contributed by atoms with van der Waals surface area (Å²) in [4.78, 5) is 24.4. The van der Waals surface area contributed by atoms with Crippen molar-refractivity contribution in [1.82, 2.24) is 4.90 Å². The number of carboxylic acid groups (broad SMARTS) is 1. The van der Waals surface area contributed by atoms with Gasteiger partial charge in [-0.1, -0.05) is 32.9 Å². The van der Waals surface area contributed by atoms with Gasteiger partial charge in [0.15, 0.2) is 0 Å². The van der Waals surface area contributed by atoms with Gasteiger partial charge in [-0.25, -0.2) is 0 Å². The Bertz CT molecular complexity index is 482. The van der Waals surface area contributed by atoms with E-state index in [9.17, 15) is 9.59 Å². The van der Waals surface area contributed by atoms with Gasteiger partial charge in [-0.2, -0.15) is 0 Å². The van der Waals surface area contributed by atoms with Crippen molar-refractivity contribution in [2.75, 3.05) is 19.7 Å². The topological polar surface area (TPSA) is 66.8 Å². The lowest BCUT2D eigenvalue weighted by Gasteiger charge is -2.20. The Morgan fingerprint density at radius 1 is 1.23 bits per heavy atom. The van der Waals surface area contributed by atoms with E-state index in [2.05, 4.69) is 13.8 Å². The van der Waals surface area contributed by atoms with E-state index in [0.29, 0.717) is 19.1 Å². The van der Waals surface area contributed by atoms with Crippen molar-refractivity contribution >= 4 is 11.9 Å². The molecular weight excluding hydrogens is 282 g/mol. The van der Waals surface area contributed by atoms with Crippen LogP contribution in [-0.2, 0) is 16.0 Å². The van der Waals surface area contributed by atoms with Gasteiger partial charge in [0.2, 0.25) is 5.91 Å². The molecule has 0 unspecified atom stereocenters. The second kappa shape index (κ2) is 9.07. The predicted molar refractivity (Wildman–Crippen MR) is 85.0 cm³/mol. The van der Waals surface area contributed by atoms with Gasteiger partial charge in [0.1, 0.15) is 12.3 Å². The first-order valence-corrected chi connectivity index (χ1v) is 7.63. The van der Waals surface area contributed by atoms with Gasteiger partial charge in [0.05, 0.1) is 13.0 Å². The van der Waals surface area contributed by atoms with Crippen LogP contribution in [0.3, 0.4) is 0 Å². The number of aliphatic carboxylic acids is 1. The van der Waals surface area contributed by atoms with Gasteiger partial charge in [0.25, 0.3) is 0 Å².